The maximum Gasteiger partial charge on any atom is 0.293 e. The molecule has 16 heavy (non-hydrogen) atoms. The van der Waals surface area contributed by atoms with Crippen molar-refractivity contribution < 1.29 is 9.53 Å². The number of likely N-dealkylation sites (N-methyl/N-ethyl adjacent to an activating group) is 1. The molecule has 1 N–H and O–H groups in total. The Morgan fingerprint density at radius 2 is 2.06 bits per heavy atom. The van der Waals surface area contributed by atoms with Crippen LogP contribution in [0.4, 0.5) is 0 Å². The molecule has 4 nitrogen and oxygen atoms in total. The number of nitrogens with one attached hydrogen (secondary N) is 1. The molecule has 1 aliphatic heterocycles. The lowest BCUT2D eigenvalue weighted by molar-refractivity contribution is -0.138. The van der Waals surface area contributed by atoms with Crippen molar-refractivity contribution in [3.63, 3.8) is 0 Å². The first kappa shape index (κ1) is 15.4. The van der Waals surface area contributed by atoms with Crippen LogP contribution in [0.25, 0.3) is 0 Å². The van der Waals surface area contributed by atoms with Crippen LogP contribution in [-0.2, 0) is 9.53 Å². The van der Waals surface area contributed by atoms with Crippen molar-refractivity contribution in [2.24, 2.45) is 0 Å². The Hall–Kier alpha value is -0.610. The zero-order valence-corrected chi connectivity index (χ0v) is 11.2. The third kappa shape index (κ3) is 9.93. The second kappa shape index (κ2) is 7.63. The van der Waals surface area contributed by atoms with Crippen LogP contribution in [0.1, 0.15) is 33.6 Å². The Kier molecular flexibility index (Phi) is 7.34. The van der Waals surface area contributed by atoms with E-state index in [1.54, 1.807) is 0 Å². The number of hydrogen-bond acceptors (Lipinski definition) is 4. The van der Waals surface area contributed by atoms with Crippen LogP contribution in [-0.4, -0.2) is 50.2 Å². The van der Waals surface area contributed by atoms with Crippen molar-refractivity contribution in [2.45, 2.75) is 45.3 Å². The van der Waals surface area contributed by atoms with Gasteiger partial charge in [-0.05, 0) is 54.3 Å². The minimum atomic E-state index is -0.318. The standard InChI is InChI=1S/C7H16N2.C5H10O2/c1-9(2)6-7-4-3-5-8-7;1-5(2,3)7-4-6/h7-8H,3-6H2,1-2H3;4H,1-3H3/t7-;/m0./s1. The topological polar surface area (TPSA) is 41.6 Å². The molecule has 1 heterocycles. The summed E-state index contributed by atoms with van der Waals surface area (Å²) in [5, 5.41) is 3.45. The van der Waals surface area contributed by atoms with Crippen LogP contribution in [0.2, 0.25) is 0 Å². The van der Waals surface area contributed by atoms with Gasteiger partial charge in [0.05, 0.1) is 0 Å². The van der Waals surface area contributed by atoms with Crippen LogP contribution in [0.15, 0.2) is 0 Å². The van der Waals surface area contributed by atoms with Crippen molar-refractivity contribution in [2.75, 3.05) is 27.2 Å². The summed E-state index contributed by atoms with van der Waals surface area (Å²) in [7, 11) is 4.25. The van der Waals surface area contributed by atoms with E-state index in [0.29, 0.717) is 6.47 Å². The van der Waals surface area contributed by atoms with E-state index in [9.17, 15) is 4.79 Å². The SMILES string of the molecule is CC(C)(C)OC=O.CN(C)C[C@@H]1CCCN1. The minimum absolute atomic E-state index is 0.318. The van der Waals surface area contributed by atoms with E-state index in [4.69, 9.17) is 0 Å². The van der Waals surface area contributed by atoms with E-state index in [1.165, 1.54) is 25.9 Å². The quantitative estimate of drug-likeness (QED) is 0.741. The molecule has 0 aromatic heterocycles. The van der Waals surface area contributed by atoms with E-state index >= 15 is 0 Å². The molecule has 0 bridgehead atoms. The molecular formula is C12H26N2O2. The first-order valence-electron chi connectivity index (χ1n) is 5.84. The fraction of sp³-hybridized carbons (Fsp3) is 0.917. The van der Waals surface area contributed by atoms with E-state index in [1.807, 2.05) is 20.8 Å². The Labute approximate surface area is 99.3 Å². The van der Waals surface area contributed by atoms with E-state index in [2.05, 4.69) is 29.0 Å². The van der Waals surface area contributed by atoms with Crippen molar-refractivity contribution in [1.29, 1.82) is 0 Å². The van der Waals surface area contributed by atoms with E-state index in [-0.39, 0.29) is 5.60 Å². The summed E-state index contributed by atoms with van der Waals surface area (Å²) in [5.74, 6) is 0. The number of carbonyl (C=O) groups is 1. The molecule has 96 valence electrons. The van der Waals surface area contributed by atoms with Crippen molar-refractivity contribution in [1.82, 2.24) is 10.2 Å². The third-order valence-electron chi connectivity index (χ3n) is 2.15. The van der Waals surface area contributed by atoms with Crippen molar-refractivity contribution >= 4 is 6.47 Å². The first-order chi connectivity index (χ1) is 7.35. The fourth-order valence-electron chi connectivity index (χ4n) is 1.50. The third-order valence-corrected chi connectivity index (χ3v) is 2.15. The van der Waals surface area contributed by atoms with Gasteiger partial charge in [0, 0.05) is 12.6 Å². The Morgan fingerprint density at radius 1 is 1.44 bits per heavy atom. The molecular weight excluding hydrogens is 204 g/mol. The molecule has 1 rings (SSSR count). The van der Waals surface area contributed by atoms with Crippen LogP contribution >= 0.6 is 0 Å². The molecule has 1 saturated heterocycles. The zero-order chi connectivity index (χ0) is 12.6. The molecule has 4 heteroatoms. The average molecular weight is 230 g/mol. The normalized spacial score (nSPS) is 20.2. The van der Waals surface area contributed by atoms with Gasteiger partial charge in [-0.15, -0.1) is 0 Å². The molecule has 1 fully saturated rings. The van der Waals surface area contributed by atoms with E-state index < -0.39 is 0 Å². The predicted octanol–water partition coefficient (Wildman–Crippen LogP) is 1.26. The predicted molar refractivity (Wildman–Crippen MR) is 66.5 cm³/mol. The molecule has 0 amide bonds. The first-order valence-corrected chi connectivity index (χ1v) is 5.84. The molecule has 0 saturated carbocycles. The smallest absolute Gasteiger partial charge is 0.293 e. The van der Waals surface area contributed by atoms with Crippen molar-refractivity contribution in [3.8, 4) is 0 Å². The lowest BCUT2D eigenvalue weighted by Gasteiger charge is -2.15. The Balaban J connectivity index is 0.000000293. The number of hydrogen-bond donors (Lipinski definition) is 1. The lowest BCUT2D eigenvalue weighted by Crippen LogP contribution is -2.33. The van der Waals surface area contributed by atoms with Crippen LogP contribution in [0.3, 0.4) is 0 Å². The van der Waals surface area contributed by atoms with Gasteiger partial charge in [0.15, 0.2) is 0 Å². The molecule has 0 aromatic rings. The summed E-state index contributed by atoms with van der Waals surface area (Å²) in [6.45, 7) is 8.34. The molecule has 0 unspecified atom stereocenters. The highest BCUT2D eigenvalue weighted by Gasteiger charge is 2.13. The van der Waals surface area contributed by atoms with Crippen molar-refractivity contribution in [3.05, 3.63) is 0 Å². The Bertz CT molecular complexity index is 182. The summed E-state index contributed by atoms with van der Waals surface area (Å²) in [5.41, 5.74) is -0.318. The monoisotopic (exact) mass is 230 g/mol. The summed E-state index contributed by atoms with van der Waals surface area (Å²) < 4.78 is 4.55. The van der Waals surface area contributed by atoms with Gasteiger partial charge in [-0.2, -0.15) is 0 Å². The molecule has 0 aliphatic carbocycles. The summed E-state index contributed by atoms with van der Waals surface area (Å²) in [4.78, 5) is 11.8. The van der Waals surface area contributed by atoms with Gasteiger partial charge >= 0.3 is 0 Å². The van der Waals surface area contributed by atoms with Gasteiger partial charge in [0.1, 0.15) is 5.60 Å². The summed E-state index contributed by atoms with van der Waals surface area (Å²) >= 11 is 0. The van der Waals surface area contributed by atoms with Gasteiger partial charge < -0.3 is 15.0 Å². The molecule has 1 aliphatic rings. The molecule has 0 spiro atoms. The van der Waals surface area contributed by atoms with Gasteiger partial charge in [-0.1, -0.05) is 0 Å². The Morgan fingerprint density at radius 3 is 2.31 bits per heavy atom. The highest BCUT2D eigenvalue weighted by Crippen LogP contribution is 2.04. The number of nitrogens with zero attached hydrogens (tertiary/aromatic N) is 1. The maximum atomic E-state index is 9.60. The molecule has 1 atom stereocenters. The van der Waals surface area contributed by atoms with Gasteiger partial charge in [0.25, 0.3) is 6.47 Å². The highest BCUT2D eigenvalue weighted by atomic mass is 16.5. The zero-order valence-electron chi connectivity index (χ0n) is 11.2. The maximum absolute atomic E-state index is 9.60. The van der Waals surface area contributed by atoms with Gasteiger partial charge in [0.2, 0.25) is 0 Å². The minimum Gasteiger partial charge on any atom is -0.462 e. The van der Waals surface area contributed by atoms with Gasteiger partial charge in [-0.25, -0.2) is 0 Å². The van der Waals surface area contributed by atoms with Gasteiger partial charge in [-0.3, -0.25) is 4.79 Å². The lowest BCUT2D eigenvalue weighted by atomic mass is 10.2. The number of rotatable bonds is 3. The largest absolute Gasteiger partial charge is 0.462 e. The average Bonchev–Trinajstić information content (AvgIpc) is 2.54. The van der Waals surface area contributed by atoms with E-state index in [0.717, 1.165) is 6.04 Å². The fourth-order valence-corrected chi connectivity index (χ4v) is 1.50. The van der Waals surface area contributed by atoms with Crippen LogP contribution in [0, 0.1) is 0 Å². The second-order valence-corrected chi connectivity index (χ2v) is 5.38. The molecule has 0 aromatic carbocycles. The second-order valence-electron chi connectivity index (χ2n) is 5.38. The molecule has 0 radical (unpaired) electrons. The number of carbonyl (C=O) groups excluding carboxylic acids is 1. The summed E-state index contributed by atoms with van der Waals surface area (Å²) in [6, 6.07) is 0.764. The summed E-state index contributed by atoms with van der Waals surface area (Å²) in [6.07, 6.45) is 2.72. The van der Waals surface area contributed by atoms with Crippen LogP contribution < -0.4 is 5.32 Å². The highest BCUT2D eigenvalue weighted by molar-refractivity contribution is 5.37. The number of ether oxygens (including phenoxy) is 1. The van der Waals surface area contributed by atoms with Crippen LogP contribution in [0.5, 0.6) is 0 Å².